The summed E-state index contributed by atoms with van der Waals surface area (Å²) >= 11 is 0. The molecule has 0 radical (unpaired) electrons. The van der Waals surface area contributed by atoms with Gasteiger partial charge in [-0.05, 0) is 29.5 Å². The van der Waals surface area contributed by atoms with Crippen LogP contribution in [0.1, 0.15) is 48.0 Å². The van der Waals surface area contributed by atoms with Gasteiger partial charge in [-0.15, -0.1) is 0 Å². The number of nitrogens with one attached hydrogen (secondary N) is 2. The summed E-state index contributed by atoms with van der Waals surface area (Å²) in [6.45, 7) is 7.48. The lowest BCUT2D eigenvalue weighted by atomic mass is 9.86. The number of fused-ring (bicyclic) bond motifs is 1. The Hall–Kier alpha value is -2.30. The van der Waals surface area contributed by atoms with Crippen molar-refractivity contribution in [1.29, 1.82) is 0 Å². The number of aromatic amines is 2. The molecule has 116 valence electrons. The van der Waals surface area contributed by atoms with Crippen LogP contribution in [0.4, 0.5) is 0 Å². The molecule has 0 unspecified atom stereocenters. The summed E-state index contributed by atoms with van der Waals surface area (Å²) < 4.78 is 0. The van der Waals surface area contributed by atoms with E-state index in [-0.39, 0.29) is 16.9 Å². The van der Waals surface area contributed by atoms with Crippen LogP contribution in [0.25, 0.3) is 0 Å². The number of carbonyl (C=O) groups excluding carboxylic acids is 1. The monoisotopic (exact) mass is 299 g/mol. The van der Waals surface area contributed by atoms with E-state index in [1.807, 2.05) is 24.3 Å². The number of carbonyl (C=O) groups is 1. The third kappa shape index (κ3) is 2.58. The molecule has 0 saturated carbocycles. The van der Waals surface area contributed by atoms with Crippen molar-refractivity contribution in [2.24, 2.45) is 0 Å². The zero-order chi connectivity index (χ0) is 15.9. The Morgan fingerprint density at radius 2 is 1.82 bits per heavy atom. The van der Waals surface area contributed by atoms with Gasteiger partial charge < -0.3 is 10.00 Å². The summed E-state index contributed by atoms with van der Waals surface area (Å²) in [5, 5.41) is 5.44. The van der Waals surface area contributed by atoms with Crippen molar-refractivity contribution in [3.8, 4) is 0 Å². The first kappa shape index (κ1) is 14.6. The molecule has 1 aromatic carbocycles. The van der Waals surface area contributed by atoms with Gasteiger partial charge in [0.1, 0.15) is 0 Å². The molecule has 0 aliphatic carbocycles. The van der Waals surface area contributed by atoms with Gasteiger partial charge in [-0.3, -0.25) is 14.7 Å². The normalized spacial score (nSPS) is 14.8. The molecule has 3 rings (SSSR count). The van der Waals surface area contributed by atoms with E-state index in [0.29, 0.717) is 25.1 Å². The fraction of sp³-hybridized carbons (Fsp3) is 0.412. The Bertz CT molecular complexity index is 747. The smallest absolute Gasteiger partial charge is 0.267 e. The van der Waals surface area contributed by atoms with Crippen molar-refractivity contribution in [3.05, 3.63) is 57.0 Å². The Morgan fingerprint density at radius 3 is 2.45 bits per heavy atom. The van der Waals surface area contributed by atoms with Crippen molar-refractivity contribution < 1.29 is 4.79 Å². The lowest BCUT2D eigenvalue weighted by Gasteiger charge is -2.26. The molecule has 0 bridgehead atoms. The summed E-state index contributed by atoms with van der Waals surface area (Å²) in [4.78, 5) is 25.9. The second-order valence-corrected chi connectivity index (χ2v) is 6.84. The fourth-order valence-electron chi connectivity index (χ4n) is 2.80. The minimum absolute atomic E-state index is 0.00755. The molecule has 5 nitrogen and oxygen atoms in total. The molecule has 5 heteroatoms. The molecule has 1 aliphatic rings. The number of nitrogens with zero attached hydrogens (tertiary/aromatic N) is 1. The molecular weight excluding hydrogens is 278 g/mol. The maximum atomic E-state index is 12.6. The largest absolute Gasteiger partial charge is 0.332 e. The maximum Gasteiger partial charge on any atom is 0.267 e. The van der Waals surface area contributed by atoms with Gasteiger partial charge in [-0.2, -0.15) is 0 Å². The first-order chi connectivity index (χ1) is 10.4. The first-order valence-electron chi connectivity index (χ1n) is 7.54. The summed E-state index contributed by atoms with van der Waals surface area (Å²) in [6, 6.07) is 7.80. The van der Waals surface area contributed by atoms with Gasteiger partial charge in [0, 0.05) is 17.7 Å². The number of aromatic nitrogens is 2. The summed E-state index contributed by atoms with van der Waals surface area (Å²) in [5.74, 6) is 0.00755. The summed E-state index contributed by atoms with van der Waals surface area (Å²) in [5.41, 5.74) is 3.49. The van der Waals surface area contributed by atoms with Crippen LogP contribution in [0.5, 0.6) is 0 Å². The maximum absolute atomic E-state index is 12.6. The van der Waals surface area contributed by atoms with Gasteiger partial charge in [0.25, 0.3) is 11.5 Å². The van der Waals surface area contributed by atoms with E-state index in [0.717, 1.165) is 11.3 Å². The highest BCUT2D eigenvalue weighted by atomic mass is 16.2. The van der Waals surface area contributed by atoms with Crippen molar-refractivity contribution in [3.63, 3.8) is 0 Å². The van der Waals surface area contributed by atoms with Gasteiger partial charge in [0.15, 0.2) is 0 Å². The standard InChI is InChI=1S/C17H21N3O2/c1-17(2,3)12-6-4-11(5-7-12)16(22)20-9-8-13-14(10-20)18-19-15(13)21/h4-7H,8-10H2,1-3H3,(H2,18,19,21). The molecular formula is C17H21N3O2. The van der Waals surface area contributed by atoms with Crippen molar-refractivity contribution >= 4 is 5.91 Å². The highest BCUT2D eigenvalue weighted by molar-refractivity contribution is 5.94. The molecule has 22 heavy (non-hydrogen) atoms. The van der Waals surface area contributed by atoms with Crippen LogP contribution in [0.15, 0.2) is 29.1 Å². The van der Waals surface area contributed by atoms with Crippen LogP contribution < -0.4 is 5.56 Å². The number of rotatable bonds is 1. The van der Waals surface area contributed by atoms with E-state index in [4.69, 9.17) is 0 Å². The predicted molar refractivity (Wildman–Crippen MR) is 85.0 cm³/mol. The molecule has 0 spiro atoms. The third-order valence-electron chi connectivity index (χ3n) is 4.23. The number of hydrogen-bond acceptors (Lipinski definition) is 2. The lowest BCUT2D eigenvalue weighted by molar-refractivity contribution is 0.0732. The quantitative estimate of drug-likeness (QED) is 0.847. The zero-order valence-electron chi connectivity index (χ0n) is 13.2. The average molecular weight is 299 g/mol. The van der Waals surface area contributed by atoms with E-state index in [1.165, 1.54) is 5.56 Å². The zero-order valence-corrected chi connectivity index (χ0v) is 13.2. The van der Waals surface area contributed by atoms with Crippen LogP contribution >= 0.6 is 0 Å². The van der Waals surface area contributed by atoms with E-state index >= 15 is 0 Å². The van der Waals surface area contributed by atoms with Gasteiger partial charge in [0.05, 0.1) is 12.2 Å². The van der Waals surface area contributed by atoms with Gasteiger partial charge >= 0.3 is 0 Å². The number of H-pyrrole nitrogens is 2. The number of benzene rings is 1. The van der Waals surface area contributed by atoms with Gasteiger partial charge in [0.2, 0.25) is 0 Å². The first-order valence-corrected chi connectivity index (χ1v) is 7.54. The summed E-state index contributed by atoms with van der Waals surface area (Å²) in [6.07, 6.45) is 0.597. The molecule has 0 fully saturated rings. The third-order valence-corrected chi connectivity index (χ3v) is 4.23. The molecule has 1 aliphatic heterocycles. The van der Waals surface area contributed by atoms with Crippen LogP contribution in [0, 0.1) is 0 Å². The fourth-order valence-corrected chi connectivity index (χ4v) is 2.80. The number of amides is 1. The Kier molecular flexibility index (Phi) is 3.43. The van der Waals surface area contributed by atoms with Crippen LogP contribution in [-0.2, 0) is 18.4 Å². The molecule has 2 N–H and O–H groups in total. The Labute approximate surface area is 129 Å². The second-order valence-electron chi connectivity index (χ2n) is 6.84. The van der Waals surface area contributed by atoms with E-state index in [1.54, 1.807) is 4.90 Å². The topological polar surface area (TPSA) is 69.0 Å². The van der Waals surface area contributed by atoms with Crippen LogP contribution in [-0.4, -0.2) is 27.5 Å². The highest BCUT2D eigenvalue weighted by Gasteiger charge is 2.25. The molecule has 2 aromatic rings. The van der Waals surface area contributed by atoms with E-state index in [9.17, 15) is 9.59 Å². The Balaban J connectivity index is 1.79. The predicted octanol–water partition coefficient (Wildman–Crippen LogP) is 2.20. The molecule has 0 saturated heterocycles. The van der Waals surface area contributed by atoms with Crippen LogP contribution in [0.2, 0.25) is 0 Å². The summed E-state index contributed by atoms with van der Waals surface area (Å²) in [7, 11) is 0. The molecule has 0 atom stereocenters. The van der Waals surface area contributed by atoms with Crippen molar-refractivity contribution in [2.45, 2.75) is 39.2 Å². The van der Waals surface area contributed by atoms with Gasteiger partial charge in [-0.1, -0.05) is 32.9 Å². The highest BCUT2D eigenvalue weighted by Crippen LogP contribution is 2.23. The van der Waals surface area contributed by atoms with Gasteiger partial charge in [-0.25, -0.2) is 0 Å². The second kappa shape index (κ2) is 5.16. The average Bonchev–Trinajstić information content (AvgIpc) is 2.87. The van der Waals surface area contributed by atoms with E-state index in [2.05, 4.69) is 31.0 Å². The molecule has 1 aromatic heterocycles. The van der Waals surface area contributed by atoms with Crippen LogP contribution in [0.3, 0.4) is 0 Å². The number of hydrogen-bond donors (Lipinski definition) is 2. The Morgan fingerprint density at radius 1 is 1.14 bits per heavy atom. The SMILES string of the molecule is CC(C)(C)c1ccc(C(=O)N2CCc3c([nH][nH]c3=O)C2)cc1. The minimum Gasteiger partial charge on any atom is -0.332 e. The van der Waals surface area contributed by atoms with Crippen molar-refractivity contribution in [1.82, 2.24) is 15.1 Å². The lowest BCUT2D eigenvalue weighted by Crippen LogP contribution is -2.36. The molecule has 1 amide bonds. The van der Waals surface area contributed by atoms with Crippen molar-refractivity contribution in [2.75, 3.05) is 6.54 Å². The molecule has 2 heterocycles. The van der Waals surface area contributed by atoms with E-state index < -0.39 is 0 Å². The minimum atomic E-state index is -0.0726.